The van der Waals surface area contributed by atoms with Gasteiger partial charge in [0.2, 0.25) is 5.91 Å². The minimum Gasteiger partial charge on any atom is -0.496 e. The fraction of sp³-hybridized carbons (Fsp3) is 0.273. The number of anilines is 1. The van der Waals surface area contributed by atoms with E-state index in [1.807, 2.05) is 24.3 Å². The molecule has 0 fully saturated rings. The number of carbonyl (C=O) groups is 1. The van der Waals surface area contributed by atoms with Gasteiger partial charge < -0.3 is 10.1 Å². The molecule has 0 bridgehead atoms. The van der Waals surface area contributed by atoms with E-state index in [2.05, 4.69) is 15.0 Å². The number of rotatable bonds is 6. The average Bonchev–Trinajstić information content (AvgIpc) is 3.01. The number of ether oxygens (including phenoxy) is 1. The van der Waals surface area contributed by atoms with Gasteiger partial charge in [-0.1, -0.05) is 24.6 Å². The number of aliphatic imine (C=N–C) groups is 1. The smallest absolute Gasteiger partial charge is 0.262 e. The van der Waals surface area contributed by atoms with Gasteiger partial charge in [-0.2, -0.15) is 0 Å². The second-order valence-electron chi connectivity index (χ2n) is 6.83. The van der Waals surface area contributed by atoms with Gasteiger partial charge in [0, 0.05) is 30.3 Å². The van der Waals surface area contributed by atoms with Crippen molar-refractivity contribution in [1.29, 1.82) is 0 Å². The molecule has 0 saturated heterocycles. The fourth-order valence-electron chi connectivity index (χ4n) is 3.04. The Bertz CT molecular complexity index is 1040. The second kappa shape index (κ2) is 10.1. The van der Waals surface area contributed by atoms with Crippen molar-refractivity contribution < 1.29 is 17.9 Å². The van der Waals surface area contributed by atoms with Gasteiger partial charge in [0.15, 0.2) is 0 Å². The summed E-state index contributed by atoms with van der Waals surface area (Å²) in [5, 5.41) is 2.71. The molecule has 8 heteroatoms. The third-order valence-electron chi connectivity index (χ3n) is 4.61. The highest BCUT2D eigenvalue weighted by atomic mass is 32.2. The van der Waals surface area contributed by atoms with Gasteiger partial charge in [-0.05, 0) is 49.2 Å². The summed E-state index contributed by atoms with van der Waals surface area (Å²) in [6.07, 6.45) is 6.64. The van der Waals surface area contributed by atoms with Gasteiger partial charge in [-0.25, -0.2) is 8.42 Å². The number of methoxy groups -OCH3 is 1. The number of amides is 1. The highest BCUT2D eigenvalue weighted by Crippen LogP contribution is 2.19. The maximum Gasteiger partial charge on any atom is 0.262 e. The summed E-state index contributed by atoms with van der Waals surface area (Å²) in [6.45, 7) is 0.644. The molecule has 158 valence electrons. The molecule has 2 aromatic carbocycles. The molecule has 2 N–H and O–H groups in total. The zero-order valence-electron chi connectivity index (χ0n) is 16.8. The van der Waals surface area contributed by atoms with E-state index in [1.54, 1.807) is 25.3 Å². The highest BCUT2D eigenvalue weighted by molar-refractivity contribution is 7.90. The first kappa shape index (κ1) is 21.6. The number of benzene rings is 2. The van der Waals surface area contributed by atoms with Crippen LogP contribution in [0.1, 0.15) is 31.2 Å². The average molecular weight is 428 g/mol. The lowest BCUT2D eigenvalue weighted by atomic mass is 10.2. The Hall–Kier alpha value is -3.13. The van der Waals surface area contributed by atoms with Crippen molar-refractivity contribution in [1.82, 2.24) is 4.72 Å². The Balaban J connectivity index is 1.63. The van der Waals surface area contributed by atoms with Crippen LogP contribution in [0.3, 0.4) is 0 Å². The molecule has 3 rings (SSSR count). The normalized spacial score (nSPS) is 14.6. The summed E-state index contributed by atoms with van der Waals surface area (Å²) in [5.41, 5.74) is 1.28. The van der Waals surface area contributed by atoms with Crippen molar-refractivity contribution in [3.8, 4) is 5.75 Å². The van der Waals surface area contributed by atoms with E-state index in [4.69, 9.17) is 4.74 Å². The third-order valence-corrected chi connectivity index (χ3v) is 6.01. The summed E-state index contributed by atoms with van der Waals surface area (Å²) in [5.74, 6) is 0.843. The number of amidine groups is 1. The number of hydrogen-bond acceptors (Lipinski definition) is 5. The Morgan fingerprint density at radius 3 is 2.60 bits per heavy atom. The predicted octanol–water partition coefficient (Wildman–Crippen LogP) is 3.60. The molecule has 1 heterocycles. The van der Waals surface area contributed by atoms with Crippen LogP contribution in [0.25, 0.3) is 6.08 Å². The topological polar surface area (TPSA) is 96.9 Å². The molecular formula is C22H25N3O4S. The summed E-state index contributed by atoms with van der Waals surface area (Å²) in [6, 6.07) is 13.4. The third kappa shape index (κ3) is 5.93. The van der Waals surface area contributed by atoms with Crippen LogP contribution in [0.2, 0.25) is 0 Å². The number of para-hydroxylation sites is 1. The largest absolute Gasteiger partial charge is 0.496 e. The van der Waals surface area contributed by atoms with E-state index < -0.39 is 10.0 Å². The van der Waals surface area contributed by atoms with Crippen molar-refractivity contribution in [2.24, 2.45) is 4.99 Å². The highest BCUT2D eigenvalue weighted by Gasteiger charge is 2.17. The molecule has 0 spiro atoms. The van der Waals surface area contributed by atoms with Gasteiger partial charge in [-0.3, -0.25) is 14.5 Å². The second-order valence-corrected chi connectivity index (χ2v) is 8.52. The van der Waals surface area contributed by atoms with Gasteiger partial charge in [0.1, 0.15) is 11.6 Å². The summed E-state index contributed by atoms with van der Waals surface area (Å²) < 4.78 is 32.9. The van der Waals surface area contributed by atoms with Crippen LogP contribution in [0.15, 0.2) is 64.5 Å². The van der Waals surface area contributed by atoms with Gasteiger partial charge in [0.25, 0.3) is 10.0 Å². The molecule has 30 heavy (non-hydrogen) atoms. The van der Waals surface area contributed by atoms with Crippen LogP contribution in [-0.4, -0.2) is 33.8 Å². The van der Waals surface area contributed by atoms with Gasteiger partial charge >= 0.3 is 0 Å². The number of hydrogen-bond donors (Lipinski definition) is 2. The maximum absolute atomic E-state index is 12.6. The maximum atomic E-state index is 12.6. The molecule has 1 aliphatic rings. The molecule has 1 aliphatic heterocycles. The quantitative estimate of drug-likeness (QED) is 0.689. The Kier molecular flexibility index (Phi) is 7.24. The van der Waals surface area contributed by atoms with Crippen LogP contribution in [0, 0.1) is 0 Å². The van der Waals surface area contributed by atoms with Crippen molar-refractivity contribution in [2.75, 3.05) is 19.0 Å². The first-order chi connectivity index (χ1) is 14.5. The van der Waals surface area contributed by atoms with Crippen molar-refractivity contribution in [3.63, 3.8) is 0 Å². The van der Waals surface area contributed by atoms with E-state index in [-0.39, 0.29) is 10.8 Å². The number of nitrogens with zero attached hydrogens (tertiary/aromatic N) is 1. The first-order valence-corrected chi connectivity index (χ1v) is 11.2. The zero-order chi connectivity index (χ0) is 21.4. The van der Waals surface area contributed by atoms with Crippen molar-refractivity contribution >= 4 is 33.5 Å². The Morgan fingerprint density at radius 2 is 1.83 bits per heavy atom. The molecule has 2 aromatic rings. The molecule has 1 amide bonds. The minimum atomic E-state index is -3.70. The lowest BCUT2D eigenvalue weighted by Crippen LogP contribution is -2.30. The van der Waals surface area contributed by atoms with Crippen molar-refractivity contribution in [2.45, 2.75) is 30.6 Å². The Morgan fingerprint density at radius 1 is 1.07 bits per heavy atom. The van der Waals surface area contributed by atoms with E-state index in [0.29, 0.717) is 30.2 Å². The minimum absolute atomic E-state index is 0.122. The van der Waals surface area contributed by atoms with Crippen LogP contribution in [-0.2, 0) is 14.8 Å². The SMILES string of the molecule is COc1ccccc1C=CC(=O)Nc1ccc(S(=O)(=O)NC2=NCCCCC2)cc1. The van der Waals surface area contributed by atoms with E-state index in [1.165, 1.54) is 18.2 Å². The molecular weight excluding hydrogens is 402 g/mol. The van der Waals surface area contributed by atoms with Gasteiger partial charge in [-0.15, -0.1) is 0 Å². The zero-order valence-corrected chi connectivity index (χ0v) is 17.6. The molecule has 0 aliphatic carbocycles. The monoisotopic (exact) mass is 427 g/mol. The summed E-state index contributed by atoms with van der Waals surface area (Å²) in [7, 11) is -2.13. The molecule has 0 radical (unpaired) electrons. The molecule has 0 atom stereocenters. The number of carbonyl (C=O) groups excluding carboxylic acids is 1. The lowest BCUT2D eigenvalue weighted by Gasteiger charge is -2.10. The number of sulfonamides is 1. The summed E-state index contributed by atoms with van der Waals surface area (Å²) >= 11 is 0. The Labute approximate surface area is 176 Å². The fourth-order valence-corrected chi connectivity index (χ4v) is 4.13. The van der Waals surface area contributed by atoms with E-state index >= 15 is 0 Å². The van der Waals surface area contributed by atoms with E-state index in [9.17, 15) is 13.2 Å². The summed E-state index contributed by atoms with van der Waals surface area (Å²) in [4.78, 5) is 16.6. The van der Waals surface area contributed by atoms with Crippen LogP contribution in [0.4, 0.5) is 5.69 Å². The van der Waals surface area contributed by atoms with Gasteiger partial charge in [0.05, 0.1) is 12.0 Å². The molecule has 7 nitrogen and oxygen atoms in total. The van der Waals surface area contributed by atoms with Crippen LogP contribution < -0.4 is 14.8 Å². The molecule has 0 unspecified atom stereocenters. The van der Waals surface area contributed by atoms with Crippen LogP contribution in [0.5, 0.6) is 5.75 Å². The lowest BCUT2D eigenvalue weighted by molar-refractivity contribution is -0.111. The molecule has 0 saturated carbocycles. The van der Waals surface area contributed by atoms with E-state index in [0.717, 1.165) is 24.8 Å². The van der Waals surface area contributed by atoms with Crippen LogP contribution >= 0.6 is 0 Å². The predicted molar refractivity (Wildman–Crippen MR) is 118 cm³/mol. The standard InChI is InChI=1S/C22H25N3O4S/c1-29-20-8-5-4-7-17(20)10-15-22(26)24-18-11-13-19(14-12-18)30(27,28)25-21-9-3-2-6-16-23-21/h4-5,7-8,10-15H,2-3,6,9,16H2,1H3,(H,23,25)(H,24,26). The number of nitrogens with one attached hydrogen (secondary N) is 2. The van der Waals surface area contributed by atoms with Crippen molar-refractivity contribution in [3.05, 3.63) is 60.2 Å². The molecule has 0 aromatic heterocycles. The first-order valence-electron chi connectivity index (χ1n) is 9.76.